The van der Waals surface area contributed by atoms with Crippen molar-refractivity contribution in [2.24, 2.45) is 16.6 Å². The number of allylic oxidation sites excluding steroid dienone is 4. The van der Waals surface area contributed by atoms with Crippen LogP contribution < -0.4 is 5.73 Å². The van der Waals surface area contributed by atoms with E-state index in [4.69, 9.17) is 10.7 Å². The van der Waals surface area contributed by atoms with Crippen LogP contribution in [0.2, 0.25) is 0 Å². The van der Waals surface area contributed by atoms with Gasteiger partial charge in [0, 0.05) is 29.2 Å². The molecule has 3 nitrogen and oxygen atoms in total. The minimum atomic E-state index is -0.224. The third kappa shape index (κ3) is 5.66. The summed E-state index contributed by atoms with van der Waals surface area (Å²) in [5.74, 6) is 7.21. The van der Waals surface area contributed by atoms with E-state index in [0.29, 0.717) is 18.9 Å². The summed E-state index contributed by atoms with van der Waals surface area (Å²) in [6.07, 6.45) is 8.97. The quantitative estimate of drug-likeness (QED) is 0.294. The average Bonchev–Trinajstić information content (AvgIpc) is 3.14. The summed E-state index contributed by atoms with van der Waals surface area (Å²) in [6, 6.07) is 26.0. The Labute approximate surface area is 219 Å². The molecular weight excluding hydrogens is 452 g/mol. The zero-order valence-electron chi connectivity index (χ0n) is 21.2. The van der Waals surface area contributed by atoms with E-state index in [1.54, 1.807) is 6.07 Å². The second kappa shape index (κ2) is 11.3. The number of hydrogen-bond acceptors (Lipinski definition) is 3. The van der Waals surface area contributed by atoms with Crippen molar-refractivity contribution in [2.75, 3.05) is 0 Å². The fourth-order valence-electron chi connectivity index (χ4n) is 4.99. The number of benzene rings is 3. The number of phenols is 1. The summed E-state index contributed by atoms with van der Waals surface area (Å²) < 4.78 is 0. The highest BCUT2D eigenvalue weighted by Crippen LogP contribution is 2.38. The van der Waals surface area contributed by atoms with Gasteiger partial charge in [0.25, 0.3) is 0 Å². The van der Waals surface area contributed by atoms with Gasteiger partial charge >= 0.3 is 0 Å². The molecule has 3 aromatic rings. The van der Waals surface area contributed by atoms with Crippen LogP contribution >= 0.6 is 0 Å². The van der Waals surface area contributed by atoms with Gasteiger partial charge in [0.05, 0.1) is 12.3 Å². The number of rotatable bonds is 6. The van der Waals surface area contributed by atoms with E-state index in [-0.39, 0.29) is 11.8 Å². The first-order valence-corrected chi connectivity index (χ1v) is 12.9. The SMILES string of the molecule is CC1C=C(c2c(O)cccc2C2=CC=C(C(=NCc3ccccc3)c3ccccc3)C(N)C2)C#CCC1. The lowest BCUT2D eigenvalue weighted by Gasteiger charge is -2.25. The zero-order chi connectivity index (χ0) is 25.6. The molecule has 0 bridgehead atoms. The maximum atomic E-state index is 10.9. The lowest BCUT2D eigenvalue weighted by Crippen LogP contribution is -2.30. The van der Waals surface area contributed by atoms with Crippen molar-refractivity contribution in [1.82, 2.24) is 0 Å². The van der Waals surface area contributed by atoms with Crippen molar-refractivity contribution >= 4 is 16.9 Å². The molecule has 2 aliphatic carbocycles. The summed E-state index contributed by atoms with van der Waals surface area (Å²) >= 11 is 0. The molecule has 0 saturated heterocycles. The van der Waals surface area contributed by atoms with Gasteiger partial charge in [-0.15, -0.1) is 0 Å². The molecule has 0 heterocycles. The smallest absolute Gasteiger partial charge is 0.124 e. The Kier molecular flexibility index (Phi) is 7.49. The number of phenolic OH excluding ortho intramolecular Hbond substituents is 1. The Morgan fingerprint density at radius 3 is 2.49 bits per heavy atom. The van der Waals surface area contributed by atoms with Gasteiger partial charge in [0.15, 0.2) is 0 Å². The predicted octanol–water partition coefficient (Wildman–Crippen LogP) is 6.94. The van der Waals surface area contributed by atoms with Gasteiger partial charge in [-0.05, 0) is 47.1 Å². The molecule has 3 N–H and O–H groups in total. The number of nitrogens with zero attached hydrogens (tertiary/aromatic N) is 1. The molecule has 0 radical (unpaired) electrons. The molecule has 3 heteroatoms. The van der Waals surface area contributed by atoms with Crippen molar-refractivity contribution in [3.63, 3.8) is 0 Å². The summed E-state index contributed by atoms with van der Waals surface area (Å²) in [4.78, 5) is 5.03. The van der Waals surface area contributed by atoms with Crippen LogP contribution in [0.4, 0.5) is 0 Å². The van der Waals surface area contributed by atoms with Crippen LogP contribution in [0.15, 0.2) is 108 Å². The van der Waals surface area contributed by atoms with Crippen LogP contribution in [0, 0.1) is 17.8 Å². The number of aliphatic imine (C=N–C) groups is 1. The standard InChI is InChI=1S/C34H32N2O/c1-24-11-8-9-16-28(21-24)33-29(17-10-18-32(33)37)27-19-20-30(31(35)22-27)34(26-14-6-3-7-15-26)36-23-25-12-4-2-5-13-25/h2-7,10,12-15,17-21,24,31,37H,8,11,22-23,35H2,1H3. The van der Waals surface area contributed by atoms with Gasteiger partial charge in [0.1, 0.15) is 5.75 Å². The van der Waals surface area contributed by atoms with E-state index < -0.39 is 0 Å². The Hall–Kier alpha value is -4.13. The minimum absolute atomic E-state index is 0.224. The molecule has 184 valence electrons. The topological polar surface area (TPSA) is 58.6 Å². The lowest BCUT2D eigenvalue weighted by molar-refractivity contribution is 0.473. The molecule has 2 atom stereocenters. The summed E-state index contributed by atoms with van der Waals surface area (Å²) in [5.41, 5.74) is 14.8. The minimum Gasteiger partial charge on any atom is -0.507 e. The van der Waals surface area contributed by atoms with Gasteiger partial charge in [-0.25, -0.2) is 0 Å². The van der Waals surface area contributed by atoms with Crippen molar-refractivity contribution in [2.45, 2.75) is 38.8 Å². The van der Waals surface area contributed by atoms with Crippen molar-refractivity contribution in [1.29, 1.82) is 0 Å². The summed E-state index contributed by atoms with van der Waals surface area (Å²) in [5, 5.41) is 10.9. The third-order valence-corrected chi connectivity index (χ3v) is 6.94. The highest BCUT2D eigenvalue weighted by Gasteiger charge is 2.24. The van der Waals surface area contributed by atoms with E-state index >= 15 is 0 Å². The van der Waals surface area contributed by atoms with Crippen LogP contribution in [-0.4, -0.2) is 16.9 Å². The van der Waals surface area contributed by atoms with E-state index in [2.05, 4.69) is 67.3 Å². The zero-order valence-corrected chi connectivity index (χ0v) is 21.2. The second-order valence-corrected chi connectivity index (χ2v) is 9.74. The Bertz CT molecular complexity index is 1450. The Morgan fingerprint density at radius 1 is 0.973 bits per heavy atom. The molecule has 0 aromatic heterocycles. The molecule has 0 fully saturated rings. The molecule has 2 unspecified atom stereocenters. The molecular formula is C34H32N2O. The van der Waals surface area contributed by atoms with Crippen LogP contribution in [-0.2, 0) is 6.54 Å². The molecule has 0 spiro atoms. The summed E-state index contributed by atoms with van der Waals surface area (Å²) in [6.45, 7) is 2.78. The molecule has 0 aliphatic heterocycles. The first kappa shape index (κ1) is 24.6. The normalized spacial score (nSPS) is 19.6. The molecule has 37 heavy (non-hydrogen) atoms. The van der Waals surface area contributed by atoms with Gasteiger partial charge < -0.3 is 10.8 Å². The van der Waals surface area contributed by atoms with Gasteiger partial charge in [-0.3, -0.25) is 4.99 Å². The van der Waals surface area contributed by atoms with Crippen LogP contribution in [0.25, 0.3) is 11.1 Å². The predicted molar refractivity (Wildman–Crippen MR) is 154 cm³/mol. The van der Waals surface area contributed by atoms with Gasteiger partial charge in [-0.2, -0.15) is 0 Å². The van der Waals surface area contributed by atoms with Crippen LogP contribution in [0.3, 0.4) is 0 Å². The largest absolute Gasteiger partial charge is 0.507 e. The molecule has 5 rings (SSSR count). The van der Waals surface area contributed by atoms with Crippen LogP contribution in [0.5, 0.6) is 5.75 Å². The average molecular weight is 485 g/mol. The molecule has 3 aromatic carbocycles. The first-order valence-electron chi connectivity index (χ1n) is 12.9. The summed E-state index contributed by atoms with van der Waals surface area (Å²) in [7, 11) is 0. The monoisotopic (exact) mass is 484 g/mol. The fourth-order valence-corrected chi connectivity index (χ4v) is 4.99. The maximum Gasteiger partial charge on any atom is 0.124 e. The van der Waals surface area contributed by atoms with Gasteiger partial charge in [0.2, 0.25) is 0 Å². The fraction of sp³-hybridized carbons (Fsp3) is 0.206. The van der Waals surface area contributed by atoms with Gasteiger partial charge in [-0.1, -0.05) is 110 Å². The van der Waals surface area contributed by atoms with Crippen molar-refractivity contribution in [3.05, 3.63) is 125 Å². The molecule has 0 amide bonds. The van der Waals surface area contributed by atoms with E-state index in [9.17, 15) is 5.11 Å². The third-order valence-electron chi connectivity index (χ3n) is 6.94. The lowest BCUT2D eigenvalue weighted by atomic mass is 9.83. The second-order valence-electron chi connectivity index (χ2n) is 9.74. The van der Waals surface area contributed by atoms with E-state index in [0.717, 1.165) is 57.5 Å². The Balaban J connectivity index is 1.55. The number of aromatic hydroxyl groups is 1. The highest BCUT2D eigenvalue weighted by atomic mass is 16.3. The maximum absolute atomic E-state index is 10.9. The van der Waals surface area contributed by atoms with Crippen LogP contribution in [0.1, 0.15) is 48.4 Å². The Morgan fingerprint density at radius 2 is 1.73 bits per heavy atom. The van der Waals surface area contributed by atoms with Crippen molar-refractivity contribution < 1.29 is 5.11 Å². The number of hydrogen-bond donors (Lipinski definition) is 2. The molecule has 0 saturated carbocycles. The van der Waals surface area contributed by atoms with E-state index in [1.807, 2.05) is 42.5 Å². The molecule has 2 aliphatic rings. The number of nitrogens with two attached hydrogens (primary N) is 1. The van der Waals surface area contributed by atoms with Crippen molar-refractivity contribution in [3.8, 4) is 17.6 Å². The first-order chi connectivity index (χ1) is 18.1. The van der Waals surface area contributed by atoms with E-state index in [1.165, 1.54) is 0 Å². The highest BCUT2D eigenvalue weighted by molar-refractivity contribution is 6.14.